The third-order valence-corrected chi connectivity index (χ3v) is 3.10. The van der Waals surface area contributed by atoms with Gasteiger partial charge in [0.2, 0.25) is 0 Å². The molecule has 1 aromatic heterocycles. The van der Waals surface area contributed by atoms with Gasteiger partial charge in [0.05, 0.1) is 12.5 Å². The van der Waals surface area contributed by atoms with E-state index in [-0.39, 0.29) is 18.6 Å². The highest BCUT2D eigenvalue weighted by atomic mass is 16.5. The number of carboxylic acid groups (broad SMARTS) is 1. The fraction of sp³-hybridized carbons (Fsp3) is 0.800. The van der Waals surface area contributed by atoms with Crippen molar-refractivity contribution in [3.8, 4) is 0 Å². The van der Waals surface area contributed by atoms with Crippen molar-refractivity contribution in [1.82, 2.24) is 20.2 Å². The summed E-state index contributed by atoms with van der Waals surface area (Å²) in [5.74, 6) is 0.136. The lowest BCUT2D eigenvalue weighted by atomic mass is 10.1. The molecule has 2 atom stereocenters. The molecule has 1 heterocycles. The van der Waals surface area contributed by atoms with Gasteiger partial charge in [-0.15, -0.1) is 5.10 Å². The molecule has 94 valence electrons. The Morgan fingerprint density at radius 1 is 1.65 bits per heavy atom. The van der Waals surface area contributed by atoms with Crippen LogP contribution in [0.2, 0.25) is 0 Å². The number of aromatic nitrogens is 4. The van der Waals surface area contributed by atoms with Gasteiger partial charge in [-0.05, 0) is 36.1 Å². The Balaban J connectivity index is 2.23. The van der Waals surface area contributed by atoms with Crippen molar-refractivity contribution < 1.29 is 14.6 Å². The fourth-order valence-electron chi connectivity index (χ4n) is 1.92. The van der Waals surface area contributed by atoms with Crippen LogP contribution in [0.1, 0.15) is 44.2 Å². The number of nitrogens with zero attached hydrogens (tertiary/aromatic N) is 4. The Labute approximate surface area is 98.8 Å². The van der Waals surface area contributed by atoms with Gasteiger partial charge in [0.1, 0.15) is 6.10 Å². The predicted molar refractivity (Wildman–Crippen MR) is 57.3 cm³/mol. The van der Waals surface area contributed by atoms with Crippen molar-refractivity contribution in [2.45, 2.75) is 38.3 Å². The molecular weight excluding hydrogens is 224 g/mol. The van der Waals surface area contributed by atoms with E-state index >= 15 is 0 Å². The summed E-state index contributed by atoms with van der Waals surface area (Å²) in [6.07, 6.45) is 1.90. The van der Waals surface area contributed by atoms with Crippen LogP contribution in [0.5, 0.6) is 0 Å². The standard InChI is InChI=1S/C10H16N4O3/c1-6(17-2)10-11-12-13-14(10)8(5-9(15)16)7-3-4-7/h6-8H,3-5H2,1-2H3,(H,15,16). The molecule has 7 heteroatoms. The summed E-state index contributed by atoms with van der Waals surface area (Å²) in [5, 5.41) is 20.4. The molecule has 0 aromatic carbocycles. The molecular formula is C10H16N4O3. The minimum atomic E-state index is -0.826. The van der Waals surface area contributed by atoms with Gasteiger partial charge in [-0.1, -0.05) is 0 Å². The summed E-state index contributed by atoms with van der Waals surface area (Å²) in [5.41, 5.74) is 0. The summed E-state index contributed by atoms with van der Waals surface area (Å²) in [6.45, 7) is 1.84. The zero-order valence-electron chi connectivity index (χ0n) is 9.91. The average Bonchev–Trinajstić information content (AvgIpc) is 3.02. The van der Waals surface area contributed by atoms with E-state index in [1.165, 1.54) is 0 Å². The summed E-state index contributed by atoms with van der Waals surface area (Å²) >= 11 is 0. The maximum atomic E-state index is 10.9. The summed E-state index contributed by atoms with van der Waals surface area (Å²) in [6, 6.07) is -0.157. The number of tetrazole rings is 1. The van der Waals surface area contributed by atoms with Crippen LogP contribution >= 0.6 is 0 Å². The number of carboxylic acids is 1. The molecule has 0 radical (unpaired) electrons. The van der Waals surface area contributed by atoms with E-state index in [2.05, 4.69) is 15.5 Å². The van der Waals surface area contributed by atoms with Crippen LogP contribution in [0.15, 0.2) is 0 Å². The van der Waals surface area contributed by atoms with Crippen molar-refractivity contribution in [3.63, 3.8) is 0 Å². The van der Waals surface area contributed by atoms with E-state index in [1.54, 1.807) is 11.8 Å². The van der Waals surface area contributed by atoms with Crippen LogP contribution in [-0.4, -0.2) is 38.4 Å². The zero-order chi connectivity index (χ0) is 12.4. The molecule has 0 spiro atoms. The predicted octanol–water partition coefficient (Wildman–Crippen LogP) is 0.806. The van der Waals surface area contributed by atoms with Crippen LogP contribution in [0, 0.1) is 5.92 Å². The monoisotopic (exact) mass is 240 g/mol. The van der Waals surface area contributed by atoms with E-state index in [1.807, 2.05) is 6.92 Å². The third kappa shape index (κ3) is 2.60. The average molecular weight is 240 g/mol. The van der Waals surface area contributed by atoms with Crippen LogP contribution in [0.3, 0.4) is 0 Å². The number of hydrogen-bond acceptors (Lipinski definition) is 5. The highest BCUT2D eigenvalue weighted by Crippen LogP contribution is 2.42. The summed E-state index contributed by atoms with van der Waals surface area (Å²) in [4.78, 5) is 10.9. The highest BCUT2D eigenvalue weighted by molar-refractivity contribution is 5.67. The van der Waals surface area contributed by atoms with Gasteiger partial charge in [-0.25, -0.2) is 4.68 Å². The first kappa shape index (κ1) is 12.0. The molecule has 1 aromatic rings. The molecule has 0 saturated heterocycles. The van der Waals surface area contributed by atoms with Gasteiger partial charge in [0.15, 0.2) is 5.82 Å². The molecule has 1 saturated carbocycles. The van der Waals surface area contributed by atoms with Gasteiger partial charge in [-0.2, -0.15) is 0 Å². The maximum Gasteiger partial charge on any atom is 0.305 e. The van der Waals surface area contributed by atoms with Gasteiger partial charge >= 0.3 is 5.97 Å². The van der Waals surface area contributed by atoms with Gasteiger partial charge in [0, 0.05) is 7.11 Å². The van der Waals surface area contributed by atoms with Crippen molar-refractivity contribution >= 4 is 5.97 Å². The smallest absolute Gasteiger partial charge is 0.305 e. The lowest BCUT2D eigenvalue weighted by Gasteiger charge is -2.17. The molecule has 1 aliphatic carbocycles. The topological polar surface area (TPSA) is 90.1 Å². The lowest BCUT2D eigenvalue weighted by molar-refractivity contribution is -0.138. The zero-order valence-corrected chi connectivity index (χ0v) is 9.91. The number of carbonyl (C=O) groups is 1. The number of ether oxygens (including phenoxy) is 1. The number of aliphatic carboxylic acids is 1. The number of rotatable bonds is 6. The SMILES string of the molecule is COC(C)c1nnnn1C(CC(=O)O)C1CC1. The number of hydrogen-bond donors (Lipinski definition) is 1. The quantitative estimate of drug-likeness (QED) is 0.791. The Bertz CT molecular complexity index is 402. The second kappa shape index (κ2) is 4.79. The Hall–Kier alpha value is -1.50. The highest BCUT2D eigenvalue weighted by Gasteiger charge is 2.36. The molecule has 0 aliphatic heterocycles. The molecule has 1 fully saturated rings. The second-order valence-corrected chi connectivity index (χ2v) is 4.36. The van der Waals surface area contributed by atoms with Crippen LogP contribution in [0.25, 0.3) is 0 Å². The van der Waals surface area contributed by atoms with Crippen molar-refractivity contribution in [1.29, 1.82) is 0 Å². The minimum absolute atomic E-state index is 0.0547. The lowest BCUT2D eigenvalue weighted by Crippen LogP contribution is -2.21. The Morgan fingerprint density at radius 2 is 2.35 bits per heavy atom. The molecule has 7 nitrogen and oxygen atoms in total. The fourth-order valence-corrected chi connectivity index (χ4v) is 1.92. The van der Waals surface area contributed by atoms with Crippen LogP contribution in [0.4, 0.5) is 0 Å². The van der Waals surface area contributed by atoms with Crippen molar-refractivity contribution in [2.75, 3.05) is 7.11 Å². The normalized spacial score (nSPS) is 18.9. The molecule has 2 unspecified atom stereocenters. The molecule has 0 amide bonds. The molecule has 17 heavy (non-hydrogen) atoms. The maximum absolute atomic E-state index is 10.9. The van der Waals surface area contributed by atoms with E-state index in [4.69, 9.17) is 9.84 Å². The third-order valence-electron chi connectivity index (χ3n) is 3.10. The second-order valence-electron chi connectivity index (χ2n) is 4.36. The van der Waals surface area contributed by atoms with Crippen LogP contribution < -0.4 is 0 Å². The molecule has 1 aliphatic rings. The molecule has 0 bridgehead atoms. The Morgan fingerprint density at radius 3 is 2.88 bits per heavy atom. The first-order chi connectivity index (χ1) is 8.13. The molecule has 1 N–H and O–H groups in total. The van der Waals surface area contributed by atoms with E-state index in [0.29, 0.717) is 11.7 Å². The summed E-state index contributed by atoms with van der Waals surface area (Å²) < 4.78 is 6.79. The summed E-state index contributed by atoms with van der Waals surface area (Å²) in [7, 11) is 1.58. The van der Waals surface area contributed by atoms with E-state index in [9.17, 15) is 4.79 Å². The minimum Gasteiger partial charge on any atom is -0.481 e. The van der Waals surface area contributed by atoms with Crippen LogP contribution in [-0.2, 0) is 9.53 Å². The Kier molecular flexibility index (Phi) is 3.37. The number of methoxy groups -OCH3 is 1. The first-order valence-corrected chi connectivity index (χ1v) is 5.65. The first-order valence-electron chi connectivity index (χ1n) is 5.65. The van der Waals surface area contributed by atoms with Crippen molar-refractivity contribution in [2.24, 2.45) is 5.92 Å². The molecule has 2 rings (SSSR count). The van der Waals surface area contributed by atoms with Crippen molar-refractivity contribution in [3.05, 3.63) is 5.82 Å². The largest absolute Gasteiger partial charge is 0.481 e. The van der Waals surface area contributed by atoms with Gasteiger partial charge in [0.25, 0.3) is 0 Å². The van der Waals surface area contributed by atoms with Gasteiger partial charge in [-0.3, -0.25) is 4.79 Å². The van der Waals surface area contributed by atoms with E-state index in [0.717, 1.165) is 12.8 Å². The van der Waals surface area contributed by atoms with E-state index < -0.39 is 5.97 Å². The van der Waals surface area contributed by atoms with Gasteiger partial charge < -0.3 is 9.84 Å².